The number of likely N-dealkylation sites (tertiary alicyclic amines) is 1. The standard InChI is InChI=1S/C24H33FN2O5S/c1-15(20-11-10-19(33(5,30)31)12-17(20)9-8-16-6-7-16)26-22(28)21-13-18(25)14-27(21)23(29)32-24(2,3)4/h8-12,15-16,18,21H,6-7,13-14H2,1-5H3,(H,26,28)/b9-8+/t15-,18+,21-/m0/s1. The molecule has 3 rings (SSSR count). The normalized spacial score (nSPS) is 22.4. The van der Waals surface area contributed by atoms with Crippen molar-refractivity contribution in [3.63, 3.8) is 0 Å². The Kier molecular flexibility index (Phi) is 7.21. The maximum absolute atomic E-state index is 14.1. The number of carbonyl (C=O) groups is 2. The van der Waals surface area contributed by atoms with Gasteiger partial charge in [0.05, 0.1) is 17.5 Å². The molecule has 0 spiro atoms. The van der Waals surface area contributed by atoms with E-state index in [2.05, 4.69) is 5.32 Å². The molecule has 2 fully saturated rings. The van der Waals surface area contributed by atoms with Crippen LogP contribution < -0.4 is 5.32 Å². The van der Waals surface area contributed by atoms with Crippen LogP contribution in [-0.4, -0.2) is 55.9 Å². The number of carbonyl (C=O) groups excluding carboxylic acids is 2. The molecule has 182 valence electrons. The Morgan fingerprint density at radius 1 is 1.27 bits per heavy atom. The predicted octanol–water partition coefficient (Wildman–Crippen LogP) is 4.04. The molecule has 2 amide bonds. The zero-order valence-electron chi connectivity index (χ0n) is 19.8. The van der Waals surface area contributed by atoms with E-state index in [0.717, 1.165) is 29.6 Å². The Balaban J connectivity index is 1.80. The summed E-state index contributed by atoms with van der Waals surface area (Å²) in [6.07, 6.45) is 5.18. The van der Waals surface area contributed by atoms with Crippen molar-refractivity contribution in [1.29, 1.82) is 0 Å². The number of amides is 2. The summed E-state index contributed by atoms with van der Waals surface area (Å²) in [6.45, 7) is 6.72. The Bertz CT molecular complexity index is 1040. The molecule has 1 N–H and O–H groups in total. The molecule has 1 heterocycles. The first-order valence-corrected chi connectivity index (χ1v) is 13.1. The van der Waals surface area contributed by atoms with Crippen molar-refractivity contribution in [2.24, 2.45) is 5.92 Å². The van der Waals surface area contributed by atoms with Crippen LogP contribution in [0.15, 0.2) is 29.2 Å². The van der Waals surface area contributed by atoms with Crippen LogP contribution in [0.3, 0.4) is 0 Å². The van der Waals surface area contributed by atoms with E-state index in [0.29, 0.717) is 11.5 Å². The minimum Gasteiger partial charge on any atom is -0.444 e. The molecule has 1 aliphatic heterocycles. The number of hydrogen-bond donors (Lipinski definition) is 1. The van der Waals surface area contributed by atoms with Crippen LogP contribution in [0.5, 0.6) is 0 Å². The average molecular weight is 481 g/mol. The molecular formula is C24H33FN2O5S. The predicted molar refractivity (Wildman–Crippen MR) is 124 cm³/mol. The van der Waals surface area contributed by atoms with E-state index in [1.807, 2.05) is 12.2 Å². The lowest BCUT2D eigenvalue weighted by atomic mass is 10.00. The quantitative estimate of drug-likeness (QED) is 0.663. The highest BCUT2D eigenvalue weighted by Gasteiger charge is 2.42. The van der Waals surface area contributed by atoms with Crippen molar-refractivity contribution in [1.82, 2.24) is 10.2 Å². The summed E-state index contributed by atoms with van der Waals surface area (Å²) in [7, 11) is -3.39. The van der Waals surface area contributed by atoms with Crippen molar-refractivity contribution in [2.45, 2.75) is 75.7 Å². The summed E-state index contributed by atoms with van der Waals surface area (Å²) in [5, 5.41) is 2.87. The molecule has 1 saturated heterocycles. The van der Waals surface area contributed by atoms with Gasteiger partial charge in [0.25, 0.3) is 0 Å². The van der Waals surface area contributed by atoms with Gasteiger partial charge in [0.2, 0.25) is 5.91 Å². The number of rotatable bonds is 6. The SMILES string of the molecule is C[C@H](NC(=O)[C@@H]1C[C@@H](F)CN1C(=O)OC(C)(C)C)c1ccc(S(C)(=O)=O)cc1/C=C/C1CC1. The fourth-order valence-electron chi connectivity index (χ4n) is 3.79. The van der Waals surface area contributed by atoms with Crippen molar-refractivity contribution in [2.75, 3.05) is 12.8 Å². The molecule has 1 saturated carbocycles. The van der Waals surface area contributed by atoms with E-state index in [1.54, 1.807) is 39.8 Å². The number of alkyl halides is 1. The second-order valence-corrected chi connectivity index (χ2v) is 12.0. The van der Waals surface area contributed by atoms with E-state index in [9.17, 15) is 22.4 Å². The maximum atomic E-state index is 14.1. The first kappa shape index (κ1) is 25.2. The van der Waals surface area contributed by atoms with Gasteiger partial charge in [0.15, 0.2) is 9.84 Å². The minimum absolute atomic E-state index is 0.0980. The molecule has 7 nitrogen and oxygen atoms in total. The fraction of sp³-hybridized carbons (Fsp3) is 0.583. The van der Waals surface area contributed by atoms with Crippen molar-refractivity contribution < 1.29 is 27.1 Å². The van der Waals surface area contributed by atoms with Crippen LogP contribution in [0.2, 0.25) is 0 Å². The van der Waals surface area contributed by atoms with Gasteiger partial charge >= 0.3 is 6.09 Å². The van der Waals surface area contributed by atoms with Gasteiger partial charge in [0.1, 0.15) is 17.8 Å². The third-order valence-corrected chi connectivity index (χ3v) is 6.77. The summed E-state index contributed by atoms with van der Waals surface area (Å²) >= 11 is 0. The molecule has 1 aromatic carbocycles. The first-order chi connectivity index (χ1) is 15.2. The van der Waals surface area contributed by atoms with Gasteiger partial charge in [-0.3, -0.25) is 9.69 Å². The highest BCUT2D eigenvalue weighted by Crippen LogP contribution is 2.32. The van der Waals surface area contributed by atoms with Crippen molar-refractivity contribution >= 4 is 27.9 Å². The van der Waals surface area contributed by atoms with E-state index in [-0.39, 0.29) is 17.9 Å². The van der Waals surface area contributed by atoms with Gasteiger partial charge in [-0.15, -0.1) is 0 Å². The summed E-state index contributed by atoms with van der Waals surface area (Å²) in [5.74, 6) is 0.0184. The van der Waals surface area contributed by atoms with E-state index >= 15 is 0 Å². The van der Waals surface area contributed by atoms with E-state index in [4.69, 9.17) is 4.74 Å². The van der Waals surface area contributed by atoms with Crippen LogP contribution in [0, 0.1) is 5.92 Å². The van der Waals surface area contributed by atoms with E-state index < -0.39 is 45.7 Å². The number of halogens is 1. The molecule has 0 radical (unpaired) electrons. The lowest BCUT2D eigenvalue weighted by Crippen LogP contribution is -2.48. The largest absolute Gasteiger partial charge is 0.444 e. The average Bonchev–Trinajstić information content (AvgIpc) is 3.43. The third kappa shape index (κ3) is 6.79. The number of ether oxygens (including phenoxy) is 1. The topological polar surface area (TPSA) is 92.8 Å². The van der Waals surface area contributed by atoms with Gasteiger partial charge in [-0.25, -0.2) is 17.6 Å². The molecule has 1 aromatic rings. The minimum atomic E-state index is -3.39. The van der Waals surface area contributed by atoms with Crippen LogP contribution in [0.25, 0.3) is 6.08 Å². The lowest BCUT2D eigenvalue weighted by Gasteiger charge is -2.28. The monoisotopic (exact) mass is 480 g/mol. The Hall–Kier alpha value is -2.42. The highest BCUT2D eigenvalue weighted by atomic mass is 32.2. The summed E-state index contributed by atoms with van der Waals surface area (Å²) in [4.78, 5) is 26.9. The summed E-state index contributed by atoms with van der Waals surface area (Å²) in [6, 6.07) is 3.35. The lowest BCUT2D eigenvalue weighted by molar-refractivity contribution is -0.126. The fourth-order valence-corrected chi connectivity index (χ4v) is 4.45. The number of hydrogen-bond acceptors (Lipinski definition) is 5. The van der Waals surface area contributed by atoms with Crippen molar-refractivity contribution in [3.05, 3.63) is 35.4 Å². The molecule has 0 aromatic heterocycles. The van der Waals surface area contributed by atoms with Gasteiger partial charge in [0, 0.05) is 12.7 Å². The molecule has 0 unspecified atom stereocenters. The zero-order valence-corrected chi connectivity index (χ0v) is 20.6. The van der Waals surface area contributed by atoms with Gasteiger partial charge in [-0.2, -0.15) is 0 Å². The first-order valence-electron chi connectivity index (χ1n) is 11.2. The number of sulfone groups is 1. The number of allylic oxidation sites excluding steroid dienone is 1. The van der Waals surface area contributed by atoms with Crippen LogP contribution >= 0.6 is 0 Å². The maximum Gasteiger partial charge on any atom is 0.411 e. The molecule has 0 bridgehead atoms. The second kappa shape index (κ2) is 9.44. The third-order valence-electron chi connectivity index (χ3n) is 5.66. The molecule has 9 heteroatoms. The summed E-state index contributed by atoms with van der Waals surface area (Å²) in [5.41, 5.74) is 0.687. The van der Waals surface area contributed by atoms with Gasteiger partial charge in [-0.05, 0) is 69.7 Å². The van der Waals surface area contributed by atoms with Gasteiger partial charge < -0.3 is 10.1 Å². The van der Waals surface area contributed by atoms with Gasteiger partial charge in [-0.1, -0.05) is 18.2 Å². The number of nitrogens with one attached hydrogen (secondary N) is 1. The Morgan fingerprint density at radius 3 is 2.52 bits per heavy atom. The number of benzene rings is 1. The van der Waals surface area contributed by atoms with Crippen LogP contribution in [0.4, 0.5) is 9.18 Å². The molecule has 3 atom stereocenters. The summed E-state index contributed by atoms with van der Waals surface area (Å²) < 4.78 is 43.5. The molecule has 1 aliphatic carbocycles. The van der Waals surface area contributed by atoms with Crippen molar-refractivity contribution in [3.8, 4) is 0 Å². The smallest absolute Gasteiger partial charge is 0.411 e. The Morgan fingerprint density at radius 2 is 1.94 bits per heavy atom. The number of nitrogens with zero attached hydrogens (tertiary/aromatic N) is 1. The zero-order chi connectivity index (χ0) is 24.6. The Labute approximate surface area is 195 Å². The van der Waals surface area contributed by atoms with Crippen LogP contribution in [0.1, 0.15) is 64.1 Å². The molecular weight excluding hydrogens is 447 g/mol. The van der Waals surface area contributed by atoms with E-state index in [1.165, 1.54) is 6.07 Å². The van der Waals surface area contributed by atoms with Crippen LogP contribution in [-0.2, 0) is 19.4 Å². The molecule has 2 aliphatic rings. The second-order valence-electron chi connectivity index (χ2n) is 9.97. The highest BCUT2D eigenvalue weighted by molar-refractivity contribution is 7.90. The molecule has 33 heavy (non-hydrogen) atoms.